The van der Waals surface area contributed by atoms with E-state index in [1.54, 1.807) is 20.1 Å². The average Bonchev–Trinajstić information content (AvgIpc) is 2.95. The molecule has 0 radical (unpaired) electrons. The van der Waals surface area contributed by atoms with Crippen molar-refractivity contribution in [1.29, 1.82) is 0 Å². The van der Waals surface area contributed by atoms with Gasteiger partial charge >= 0.3 is 17.3 Å². The van der Waals surface area contributed by atoms with Gasteiger partial charge in [0.05, 0.1) is 13.7 Å². The molecule has 28 heavy (non-hydrogen) atoms. The van der Waals surface area contributed by atoms with Crippen molar-refractivity contribution in [2.24, 2.45) is 0 Å². The molecule has 158 valence electrons. The van der Waals surface area contributed by atoms with Gasteiger partial charge < -0.3 is 13.9 Å². The molecule has 3 atom stereocenters. The van der Waals surface area contributed by atoms with Crippen molar-refractivity contribution in [1.82, 2.24) is 0 Å². The van der Waals surface area contributed by atoms with Gasteiger partial charge in [0.1, 0.15) is 11.9 Å². The summed E-state index contributed by atoms with van der Waals surface area (Å²) in [6.45, 7) is 14.5. The van der Waals surface area contributed by atoms with E-state index >= 15 is 0 Å². The fraction of sp³-hybridized carbons (Fsp3) is 0.632. The van der Waals surface area contributed by atoms with Gasteiger partial charge in [-0.2, -0.15) is 4.21 Å². The van der Waals surface area contributed by atoms with E-state index in [1.165, 1.54) is 0 Å². The highest BCUT2D eigenvalue weighted by molar-refractivity contribution is 7.75. The highest BCUT2D eigenvalue weighted by Gasteiger charge is 2.44. The summed E-state index contributed by atoms with van der Waals surface area (Å²) in [7, 11) is -0.558. The number of hydrogen-bond donors (Lipinski definition) is 0. The summed E-state index contributed by atoms with van der Waals surface area (Å²) in [4.78, 5) is 12.2. The third-order valence-corrected chi connectivity index (χ3v) is 10.2. The van der Waals surface area contributed by atoms with Crippen molar-refractivity contribution >= 4 is 25.6 Å². The molecule has 0 amide bonds. The number of benzene rings is 1. The normalized spacial score (nSPS) is 22.8. The van der Waals surface area contributed by atoms with E-state index in [1.807, 2.05) is 13.0 Å². The van der Waals surface area contributed by atoms with Crippen LogP contribution in [0.4, 0.5) is 0 Å². The van der Waals surface area contributed by atoms with E-state index in [0.29, 0.717) is 17.1 Å². The summed E-state index contributed by atoms with van der Waals surface area (Å²) in [5.74, 6) is 0.591. The molecule has 1 aliphatic rings. The molecule has 7 nitrogen and oxygen atoms in total. The predicted molar refractivity (Wildman–Crippen MR) is 109 cm³/mol. The SMILES string of the molecule is CCOC(=O)[C@@H]1OS(=O)O[C@H]1c1cc(C)c(OC)c(O[Si](C)(C)C(C)(C)C)c1. The first-order valence-corrected chi connectivity index (χ1v) is 13.1. The number of methoxy groups -OCH3 is 1. The number of aryl methyl sites for hydroxylation is 1. The van der Waals surface area contributed by atoms with Crippen molar-refractivity contribution in [3.8, 4) is 11.5 Å². The molecule has 0 saturated carbocycles. The van der Waals surface area contributed by atoms with Gasteiger partial charge in [0.2, 0.25) is 6.10 Å². The van der Waals surface area contributed by atoms with Crippen LogP contribution < -0.4 is 9.16 Å². The summed E-state index contributed by atoms with van der Waals surface area (Å²) in [6.07, 6.45) is -1.96. The van der Waals surface area contributed by atoms with Gasteiger partial charge in [-0.3, -0.25) is 4.18 Å². The van der Waals surface area contributed by atoms with Gasteiger partial charge in [0, 0.05) is 0 Å². The molecule has 9 heteroatoms. The topological polar surface area (TPSA) is 80.3 Å². The second kappa shape index (κ2) is 8.52. The number of ether oxygens (including phenoxy) is 2. The maximum Gasteiger partial charge on any atom is 0.339 e. The highest BCUT2D eigenvalue weighted by Crippen LogP contribution is 2.43. The molecule has 0 bridgehead atoms. The Balaban J connectivity index is 2.47. The average molecular weight is 431 g/mol. The molecule has 2 rings (SSSR count). The third-order valence-electron chi connectivity index (χ3n) is 5.13. The van der Waals surface area contributed by atoms with Crippen LogP contribution in [0.1, 0.15) is 44.9 Å². The molecule has 1 unspecified atom stereocenters. The first-order chi connectivity index (χ1) is 12.9. The van der Waals surface area contributed by atoms with Gasteiger partial charge in [0.25, 0.3) is 8.32 Å². The largest absolute Gasteiger partial charge is 0.541 e. The lowest BCUT2D eigenvalue weighted by Gasteiger charge is -2.37. The molecule has 1 aromatic carbocycles. The number of hydrogen-bond acceptors (Lipinski definition) is 7. The monoisotopic (exact) mass is 430 g/mol. The Morgan fingerprint density at radius 1 is 1.25 bits per heavy atom. The van der Waals surface area contributed by atoms with Crippen LogP contribution in [0.3, 0.4) is 0 Å². The summed E-state index contributed by atoms with van der Waals surface area (Å²) in [5.41, 5.74) is 1.44. The molecule has 1 fully saturated rings. The van der Waals surface area contributed by atoms with Crippen LogP contribution in [0.25, 0.3) is 0 Å². The summed E-state index contributed by atoms with van der Waals surface area (Å²) in [6, 6.07) is 3.59. The van der Waals surface area contributed by atoms with E-state index < -0.39 is 37.9 Å². The van der Waals surface area contributed by atoms with Crippen LogP contribution in [-0.2, 0) is 29.3 Å². The number of carbonyl (C=O) groups excluding carboxylic acids is 1. The summed E-state index contributed by atoms with van der Waals surface area (Å²) in [5, 5.41) is -0.0101. The van der Waals surface area contributed by atoms with Gasteiger partial charge in [0.15, 0.2) is 5.75 Å². The van der Waals surface area contributed by atoms with Crippen LogP contribution in [0, 0.1) is 6.92 Å². The lowest BCUT2D eigenvalue weighted by molar-refractivity contribution is -0.152. The molecule has 0 aromatic heterocycles. The molecule has 1 aromatic rings. The van der Waals surface area contributed by atoms with Crippen LogP contribution in [0.2, 0.25) is 18.1 Å². The number of esters is 1. The highest BCUT2D eigenvalue weighted by atomic mass is 32.2. The second-order valence-corrected chi connectivity index (χ2v) is 13.7. The molecule has 1 aliphatic heterocycles. The zero-order valence-corrected chi connectivity index (χ0v) is 19.6. The summed E-state index contributed by atoms with van der Waals surface area (Å²) >= 11 is -2.03. The van der Waals surface area contributed by atoms with Gasteiger partial charge in [-0.05, 0) is 55.2 Å². The molecular weight excluding hydrogens is 400 g/mol. The van der Waals surface area contributed by atoms with Crippen molar-refractivity contribution in [2.45, 2.75) is 65.0 Å². The van der Waals surface area contributed by atoms with Crippen molar-refractivity contribution in [2.75, 3.05) is 13.7 Å². The Kier molecular flexibility index (Phi) is 6.96. The van der Waals surface area contributed by atoms with Crippen LogP contribution >= 0.6 is 0 Å². The van der Waals surface area contributed by atoms with Gasteiger partial charge in [-0.25, -0.2) is 8.98 Å². The van der Waals surface area contributed by atoms with Crippen LogP contribution in [0.5, 0.6) is 11.5 Å². The van der Waals surface area contributed by atoms with Crippen LogP contribution in [-0.4, -0.2) is 38.3 Å². The Bertz CT molecular complexity index is 757. The van der Waals surface area contributed by atoms with E-state index in [9.17, 15) is 9.00 Å². The Labute approximate surface area is 170 Å². The van der Waals surface area contributed by atoms with Crippen LogP contribution in [0.15, 0.2) is 12.1 Å². The minimum Gasteiger partial charge on any atom is -0.541 e. The third kappa shape index (κ3) is 4.76. The van der Waals surface area contributed by atoms with Gasteiger partial charge in [-0.1, -0.05) is 20.8 Å². The van der Waals surface area contributed by atoms with Gasteiger partial charge in [-0.15, -0.1) is 0 Å². The summed E-state index contributed by atoms with van der Waals surface area (Å²) < 4.78 is 39.4. The Morgan fingerprint density at radius 2 is 1.89 bits per heavy atom. The minimum atomic E-state index is -2.15. The van der Waals surface area contributed by atoms with E-state index in [0.717, 1.165) is 5.56 Å². The minimum absolute atomic E-state index is 0.0101. The molecule has 0 aliphatic carbocycles. The lowest BCUT2D eigenvalue weighted by Crippen LogP contribution is -2.44. The van der Waals surface area contributed by atoms with E-state index in [2.05, 4.69) is 33.9 Å². The van der Waals surface area contributed by atoms with E-state index in [-0.39, 0.29) is 11.6 Å². The fourth-order valence-electron chi connectivity index (χ4n) is 2.61. The molecule has 1 saturated heterocycles. The van der Waals surface area contributed by atoms with Crippen molar-refractivity contribution in [3.63, 3.8) is 0 Å². The van der Waals surface area contributed by atoms with Crippen molar-refractivity contribution < 1.29 is 31.3 Å². The zero-order chi connectivity index (χ0) is 21.3. The standard InChI is InChI=1S/C19H30O7SSi/c1-9-23-18(20)17-16(24-27(21)25-17)13-10-12(2)15(22-6)14(11-13)26-28(7,8)19(3,4)5/h10-11,16-17H,9H2,1-8H3/t16-,17+,27?/m0/s1. The quantitative estimate of drug-likeness (QED) is 0.499. The second-order valence-electron chi connectivity index (χ2n) is 8.22. The maximum absolute atomic E-state index is 12.2. The molecule has 0 spiro atoms. The smallest absolute Gasteiger partial charge is 0.339 e. The lowest BCUT2D eigenvalue weighted by atomic mass is 10.0. The predicted octanol–water partition coefficient (Wildman–Crippen LogP) is 3.99. The zero-order valence-electron chi connectivity index (χ0n) is 17.8. The molecular formula is C19H30O7SSi. The Hall–Kier alpha value is -1.42. The van der Waals surface area contributed by atoms with E-state index in [4.69, 9.17) is 22.3 Å². The Morgan fingerprint density at radius 3 is 2.43 bits per heavy atom. The first-order valence-electron chi connectivity index (χ1n) is 9.21. The van der Waals surface area contributed by atoms with Crippen molar-refractivity contribution in [3.05, 3.63) is 23.3 Å². The molecule has 0 N–H and O–H groups in total. The fourth-order valence-corrected chi connectivity index (χ4v) is 4.39. The number of carbonyl (C=O) groups is 1. The molecule has 1 heterocycles. The first kappa shape index (κ1) is 22.9. The maximum atomic E-state index is 12.2. The number of rotatable bonds is 6.